The van der Waals surface area contributed by atoms with Gasteiger partial charge in [-0.2, -0.15) is 0 Å². The molecule has 0 spiro atoms. The topological polar surface area (TPSA) is 42.4 Å². The number of hydrogen-bond acceptors (Lipinski definition) is 4. The van der Waals surface area contributed by atoms with E-state index in [1.807, 2.05) is 6.92 Å². The molecule has 1 aromatic heterocycles. The zero-order chi connectivity index (χ0) is 12.1. The van der Waals surface area contributed by atoms with Gasteiger partial charge in [-0.25, -0.2) is 4.98 Å². The molecule has 0 unspecified atom stereocenters. The molecule has 0 atom stereocenters. The third-order valence-electron chi connectivity index (χ3n) is 3.43. The highest BCUT2D eigenvalue weighted by atomic mass is 32.1. The molecule has 0 amide bonds. The van der Waals surface area contributed by atoms with Crippen LogP contribution in [0.2, 0.25) is 0 Å². The van der Waals surface area contributed by atoms with Gasteiger partial charge in [-0.05, 0) is 19.8 Å². The van der Waals surface area contributed by atoms with Crippen LogP contribution in [0.5, 0.6) is 0 Å². The van der Waals surface area contributed by atoms with Crippen LogP contribution in [0.15, 0.2) is 6.20 Å². The average molecular weight is 255 g/mol. The average Bonchev–Trinajstić information content (AvgIpc) is 2.71. The highest BCUT2D eigenvalue weighted by Gasteiger charge is 2.36. The molecule has 17 heavy (non-hydrogen) atoms. The highest BCUT2D eigenvalue weighted by molar-refractivity contribution is 7.11. The van der Waals surface area contributed by atoms with Crippen LogP contribution in [0.1, 0.15) is 55.3 Å². The van der Waals surface area contributed by atoms with Gasteiger partial charge in [0.15, 0.2) is 0 Å². The minimum atomic E-state index is -0.177. The molecule has 1 N–H and O–H groups in total. The van der Waals surface area contributed by atoms with Gasteiger partial charge in [0.05, 0.1) is 11.5 Å². The Bertz CT molecular complexity index is 343. The van der Waals surface area contributed by atoms with E-state index in [1.54, 1.807) is 17.5 Å². The maximum absolute atomic E-state index is 9.15. The quantitative estimate of drug-likeness (QED) is 0.840. The Hall–Kier alpha value is -0.450. The van der Waals surface area contributed by atoms with E-state index in [1.165, 1.54) is 25.7 Å². The summed E-state index contributed by atoms with van der Waals surface area (Å²) >= 11 is 1.60. The van der Waals surface area contributed by atoms with E-state index in [0.29, 0.717) is 0 Å². The largest absolute Gasteiger partial charge is 0.391 e. The molecule has 1 saturated carbocycles. The lowest BCUT2D eigenvalue weighted by Crippen LogP contribution is -2.29. The van der Waals surface area contributed by atoms with E-state index in [-0.39, 0.29) is 12.2 Å². The van der Waals surface area contributed by atoms with Crippen molar-refractivity contribution in [2.75, 3.05) is 6.61 Å². The maximum atomic E-state index is 9.15. The van der Waals surface area contributed by atoms with E-state index in [2.05, 4.69) is 4.98 Å². The van der Waals surface area contributed by atoms with Crippen molar-refractivity contribution >= 4 is 11.3 Å². The van der Waals surface area contributed by atoms with E-state index in [0.717, 1.165) is 29.3 Å². The second-order valence-electron chi connectivity index (χ2n) is 4.63. The van der Waals surface area contributed by atoms with E-state index in [9.17, 15) is 0 Å². The molecule has 1 aliphatic carbocycles. The Balaban J connectivity index is 2.24. The molecule has 1 aromatic rings. The molecule has 0 aliphatic heterocycles. The van der Waals surface area contributed by atoms with Crippen LogP contribution in [-0.4, -0.2) is 16.7 Å². The number of nitrogens with zero attached hydrogens (tertiary/aromatic N) is 1. The first kappa shape index (κ1) is 13.0. The van der Waals surface area contributed by atoms with Crippen molar-refractivity contribution in [2.24, 2.45) is 0 Å². The van der Waals surface area contributed by atoms with Crippen molar-refractivity contribution in [3.8, 4) is 0 Å². The fourth-order valence-electron chi connectivity index (χ4n) is 2.59. The molecule has 0 saturated heterocycles. The van der Waals surface area contributed by atoms with Crippen molar-refractivity contribution in [3.05, 3.63) is 16.1 Å². The smallest absolute Gasteiger partial charge is 0.125 e. The molecule has 2 rings (SSSR count). The first-order valence-corrected chi connectivity index (χ1v) is 7.32. The Morgan fingerprint density at radius 1 is 1.35 bits per heavy atom. The summed E-state index contributed by atoms with van der Waals surface area (Å²) in [4.78, 5) is 5.41. The second kappa shape index (κ2) is 5.94. The lowest BCUT2D eigenvalue weighted by Gasteiger charge is -2.30. The van der Waals surface area contributed by atoms with Gasteiger partial charge in [-0.1, -0.05) is 25.7 Å². The first-order valence-electron chi connectivity index (χ1n) is 6.51. The van der Waals surface area contributed by atoms with E-state index in [4.69, 9.17) is 9.84 Å². The lowest BCUT2D eigenvalue weighted by atomic mass is 9.95. The van der Waals surface area contributed by atoms with Crippen LogP contribution in [-0.2, 0) is 16.9 Å². The first-order chi connectivity index (χ1) is 8.30. The summed E-state index contributed by atoms with van der Waals surface area (Å²) in [7, 11) is 0. The zero-order valence-electron chi connectivity index (χ0n) is 10.4. The van der Waals surface area contributed by atoms with Gasteiger partial charge in [0.2, 0.25) is 0 Å². The molecule has 3 nitrogen and oxygen atoms in total. The predicted molar refractivity (Wildman–Crippen MR) is 69.0 cm³/mol. The number of aliphatic hydroxyl groups is 1. The van der Waals surface area contributed by atoms with Crippen LogP contribution in [0.25, 0.3) is 0 Å². The molecule has 4 heteroatoms. The fraction of sp³-hybridized carbons (Fsp3) is 0.769. The van der Waals surface area contributed by atoms with Gasteiger partial charge >= 0.3 is 0 Å². The summed E-state index contributed by atoms with van der Waals surface area (Å²) < 4.78 is 6.06. The number of hydrogen-bond donors (Lipinski definition) is 1. The fourth-order valence-corrected chi connectivity index (χ4v) is 3.56. The van der Waals surface area contributed by atoms with Crippen molar-refractivity contribution in [2.45, 2.75) is 57.7 Å². The zero-order valence-corrected chi connectivity index (χ0v) is 11.3. The molecular weight excluding hydrogens is 234 g/mol. The van der Waals surface area contributed by atoms with Gasteiger partial charge < -0.3 is 9.84 Å². The van der Waals surface area contributed by atoms with Gasteiger partial charge in [0.25, 0.3) is 0 Å². The van der Waals surface area contributed by atoms with Gasteiger partial charge in [0.1, 0.15) is 10.6 Å². The third kappa shape index (κ3) is 2.87. The number of ether oxygens (including phenoxy) is 1. The minimum Gasteiger partial charge on any atom is -0.391 e. The molecule has 0 bridgehead atoms. The Kier molecular flexibility index (Phi) is 4.54. The maximum Gasteiger partial charge on any atom is 0.125 e. The summed E-state index contributed by atoms with van der Waals surface area (Å²) in [5.74, 6) is 0. The summed E-state index contributed by atoms with van der Waals surface area (Å²) in [6.07, 6.45) is 8.95. The van der Waals surface area contributed by atoms with E-state index >= 15 is 0 Å². The number of thiazole rings is 1. The van der Waals surface area contributed by atoms with Crippen molar-refractivity contribution in [1.82, 2.24) is 4.98 Å². The number of rotatable bonds is 4. The second-order valence-corrected chi connectivity index (χ2v) is 5.75. The standard InChI is InChI=1S/C13H21NO2S/c1-2-16-13(7-5-3-4-6-8-13)12-14-9-11(10-15)17-12/h9,15H,2-8,10H2,1H3. The summed E-state index contributed by atoms with van der Waals surface area (Å²) in [6, 6.07) is 0. The van der Waals surface area contributed by atoms with E-state index < -0.39 is 0 Å². The summed E-state index contributed by atoms with van der Waals surface area (Å²) in [5, 5.41) is 10.2. The SMILES string of the molecule is CCOC1(c2ncc(CO)s2)CCCCCC1. The molecule has 0 radical (unpaired) electrons. The molecule has 96 valence electrons. The summed E-state index contributed by atoms with van der Waals surface area (Å²) in [5.41, 5.74) is -0.177. The number of aromatic nitrogens is 1. The molecule has 1 fully saturated rings. The molecule has 0 aromatic carbocycles. The van der Waals surface area contributed by atoms with Crippen molar-refractivity contribution in [3.63, 3.8) is 0 Å². The Morgan fingerprint density at radius 3 is 2.59 bits per heavy atom. The Morgan fingerprint density at radius 2 is 2.06 bits per heavy atom. The number of aliphatic hydroxyl groups excluding tert-OH is 1. The Labute approximate surface area is 107 Å². The monoisotopic (exact) mass is 255 g/mol. The summed E-state index contributed by atoms with van der Waals surface area (Å²) in [6.45, 7) is 2.86. The molecular formula is C13H21NO2S. The third-order valence-corrected chi connectivity index (χ3v) is 4.60. The molecule has 1 aliphatic rings. The van der Waals surface area contributed by atoms with Crippen LogP contribution < -0.4 is 0 Å². The van der Waals surface area contributed by atoms with Crippen LogP contribution in [0, 0.1) is 0 Å². The highest BCUT2D eigenvalue weighted by Crippen LogP contribution is 2.41. The van der Waals surface area contributed by atoms with Crippen LogP contribution in [0.3, 0.4) is 0 Å². The van der Waals surface area contributed by atoms with Crippen LogP contribution >= 0.6 is 11.3 Å². The normalized spacial score (nSPS) is 20.1. The van der Waals surface area contributed by atoms with Gasteiger partial charge in [0, 0.05) is 12.8 Å². The van der Waals surface area contributed by atoms with Gasteiger partial charge in [-0.3, -0.25) is 0 Å². The van der Waals surface area contributed by atoms with Crippen LogP contribution in [0.4, 0.5) is 0 Å². The van der Waals surface area contributed by atoms with Gasteiger partial charge in [-0.15, -0.1) is 11.3 Å². The lowest BCUT2D eigenvalue weighted by molar-refractivity contribution is -0.0559. The van der Waals surface area contributed by atoms with Crippen molar-refractivity contribution < 1.29 is 9.84 Å². The molecule has 1 heterocycles. The minimum absolute atomic E-state index is 0.0832. The predicted octanol–water partition coefficient (Wildman–Crippen LogP) is 3.22. The van der Waals surface area contributed by atoms with Crippen molar-refractivity contribution in [1.29, 1.82) is 0 Å².